The third-order valence-corrected chi connectivity index (χ3v) is 8.01. The van der Waals surface area contributed by atoms with Crippen molar-refractivity contribution in [3.05, 3.63) is 63.8 Å². The molecule has 0 fully saturated rings. The molecular formula is C25H26Cl2N2O3S. The van der Waals surface area contributed by atoms with Gasteiger partial charge in [0, 0.05) is 28.1 Å². The number of halogens is 2. The summed E-state index contributed by atoms with van der Waals surface area (Å²) in [6.45, 7) is 9.68. The average Bonchev–Trinajstić information content (AvgIpc) is 3.11. The Morgan fingerprint density at radius 3 is 2.36 bits per heavy atom. The highest BCUT2D eigenvalue weighted by molar-refractivity contribution is 7.93. The quantitative estimate of drug-likeness (QED) is 0.303. The first-order valence-corrected chi connectivity index (χ1v) is 13.0. The Hall–Kier alpha value is -2.41. The molecule has 4 aromatic rings. The van der Waals surface area contributed by atoms with Gasteiger partial charge < -0.3 is 10.1 Å². The summed E-state index contributed by atoms with van der Waals surface area (Å²) in [5.74, 6) is -0.364. The molecular weight excluding hydrogens is 479 g/mol. The number of hydrogen-bond donors (Lipinski definition) is 2. The van der Waals surface area contributed by atoms with Crippen molar-refractivity contribution in [3.63, 3.8) is 0 Å². The number of rotatable bonds is 4. The van der Waals surface area contributed by atoms with E-state index < -0.39 is 15.4 Å². The number of aromatic nitrogens is 1. The van der Waals surface area contributed by atoms with Gasteiger partial charge in [0.15, 0.2) is 0 Å². The first-order chi connectivity index (χ1) is 15.3. The molecule has 0 aliphatic rings. The normalized spacial score (nSPS) is 12.6. The molecule has 3 aromatic carbocycles. The second kappa shape index (κ2) is 8.12. The van der Waals surface area contributed by atoms with E-state index in [1.807, 2.05) is 52.0 Å². The number of phenols is 1. The number of anilines is 2. The summed E-state index contributed by atoms with van der Waals surface area (Å²) in [5.41, 5.74) is 2.97. The molecule has 0 aliphatic carbocycles. The predicted molar refractivity (Wildman–Crippen MR) is 139 cm³/mol. The number of H-pyrrole nitrogens is 1. The van der Waals surface area contributed by atoms with E-state index in [1.54, 1.807) is 6.92 Å². The van der Waals surface area contributed by atoms with Crippen molar-refractivity contribution in [1.29, 1.82) is 0 Å². The van der Waals surface area contributed by atoms with Gasteiger partial charge in [-0.15, -0.1) is 0 Å². The number of aryl methyl sites for hydroxylation is 1. The van der Waals surface area contributed by atoms with Crippen LogP contribution in [0, 0.1) is 6.92 Å². The topological polar surface area (TPSA) is 73.4 Å². The Morgan fingerprint density at radius 1 is 1.03 bits per heavy atom. The molecule has 1 aromatic heterocycles. The smallest absolute Gasteiger partial charge is 0.239 e. The molecule has 174 valence electrons. The molecule has 0 unspecified atom stereocenters. The van der Waals surface area contributed by atoms with Crippen molar-refractivity contribution in [2.24, 2.45) is 0 Å². The SMILES string of the molecule is CCS(=O)(=O)N(c1cc(Cl)c(O)cc1Cl)c1c(C(C)(C)C)[nH]c2ccc3cc(C)ccc3c12. The Labute approximate surface area is 204 Å². The van der Waals surface area contributed by atoms with Crippen LogP contribution in [0.3, 0.4) is 0 Å². The summed E-state index contributed by atoms with van der Waals surface area (Å²) in [6.07, 6.45) is 0. The summed E-state index contributed by atoms with van der Waals surface area (Å²) in [5, 5.41) is 12.8. The number of nitrogens with zero attached hydrogens (tertiary/aromatic N) is 1. The van der Waals surface area contributed by atoms with Crippen LogP contribution in [0.1, 0.15) is 39.0 Å². The lowest BCUT2D eigenvalue weighted by atomic mass is 9.90. The van der Waals surface area contributed by atoms with Crippen LogP contribution in [0.2, 0.25) is 10.0 Å². The Bertz CT molecular complexity index is 1500. The molecule has 0 amide bonds. The molecule has 0 bridgehead atoms. The van der Waals surface area contributed by atoms with Crippen LogP contribution in [0.15, 0.2) is 42.5 Å². The van der Waals surface area contributed by atoms with Crippen LogP contribution in [0.25, 0.3) is 21.7 Å². The van der Waals surface area contributed by atoms with Gasteiger partial charge in [-0.1, -0.05) is 73.8 Å². The number of aromatic hydroxyl groups is 1. The van der Waals surface area contributed by atoms with Crippen LogP contribution in [-0.4, -0.2) is 24.3 Å². The van der Waals surface area contributed by atoms with Crippen molar-refractivity contribution >= 4 is 66.3 Å². The van der Waals surface area contributed by atoms with Crippen molar-refractivity contribution in [2.45, 2.75) is 40.0 Å². The van der Waals surface area contributed by atoms with Crippen LogP contribution in [0.5, 0.6) is 5.75 Å². The molecule has 0 aliphatic heterocycles. The summed E-state index contributed by atoms with van der Waals surface area (Å²) in [7, 11) is -3.85. The van der Waals surface area contributed by atoms with E-state index in [9.17, 15) is 13.5 Å². The molecule has 1 heterocycles. The van der Waals surface area contributed by atoms with E-state index in [0.29, 0.717) is 5.69 Å². The monoisotopic (exact) mass is 504 g/mol. The van der Waals surface area contributed by atoms with Gasteiger partial charge in [0.2, 0.25) is 10.0 Å². The number of phenolic OH excluding ortho intramolecular Hbond substituents is 1. The molecule has 0 atom stereocenters. The third-order valence-electron chi connectivity index (χ3n) is 5.74. The number of aromatic amines is 1. The highest BCUT2D eigenvalue weighted by Gasteiger charge is 2.34. The number of benzene rings is 3. The molecule has 8 heteroatoms. The fraction of sp³-hybridized carbons (Fsp3) is 0.280. The van der Waals surface area contributed by atoms with Crippen LogP contribution in [0.4, 0.5) is 11.4 Å². The summed E-state index contributed by atoms with van der Waals surface area (Å²) < 4.78 is 28.5. The lowest BCUT2D eigenvalue weighted by Gasteiger charge is -2.29. The number of hydrogen-bond acceptors (Lipinski definition) is 3. The van der Waals surface area contributed by atoms with E-state index in [1.165, 1.54) is 16.4 Å². The van der Waals surface area contributed by atoms with E-state index in [4.69, 9.17) is 23.2 Å². The van der Waals surface area contributed by atoms with Crippen molar-refractivity contribution in [3.8, 4) is 5.75 Å². The van der Waals surface area contributed by atoms with Gasteiger partial charge in [0.1, 0.15) is 5.75 Å². The highest BCUT2D eigenvalue weighted by atomic mass is 35.5. The zero-order valence-electron chi connectivity index (χ0n) is 19.1. The van der Waals surface area contributed by atoms with E-state index >= 15 is 0 Å². The molecule has 5 nitrogen and oxygen atoms in total. The highest BCUT2D eigenvalue weighted by Crippen LogP contribution is 2.48. The molecule has 0 saturated heterocycles. The third kappa shape index (κ3) is 4.05. The molecule has 0 saturated carbocycles. The molecule has 0 radical (unpaired) electrons. The minimum atomic E-state index is -3.85. The lowest BCUT2D eigenvalue weighted by molar-refractivity contribution is 0.475. The van der Waals surface area contributed by atoms with Crippen molar-refractivity contribution in [1.82, 2.24) is 4.98 Å². The second-order valence-corrected chi connectivity index (χ2v) is 12.2. The maximum atomic E-state index is 13.6. The first kappa shape index (κ1) is 23.7. The minimum absolute atomic E-state index is 0.0170. The van der Waals surface area contributed by atoms with Gasteiger partial charge in [-0.3, -0.25) is 0 Å². The largest absolute Gasteiger partial charge is 0.506 e. The Kier molecular flexibility index (Phi) is 5.84. The number of sulfonamides is 1. The Morgan fingerprint density at radius 2 is 1.73 bits per heavy atom. The van der Waals surface area contributed by atoms with Crippen LogP contribution >= 0.6 is 23.2 Å². The van der Waals surface area contributed by atoms with Crippen LogP contribution < -0.4 is 4.31 Å². The van der Waals surface area contributed by atoms with Gasteiger partial charge in [0.25, 0.3) is 0 Å². The maximum Gasteiger partial charge on any atom is 0.239 e. The van der Waals surface area contributed by atoms with Crippen molar-refractivity contribution in [2.75, 3.05) is 10.1 Å². The molecule has 0 spiro atoms. The fourth-order valence-corrected chi connectivity index (χ4v) is 5.71. The number of nitrogens with one attached hydrogen (secondary N) is 1. The number of fused-ring (bicyclic) bond motifs is 3. The summed E-state index contributed by atoms with van der Waals surface area (Å²) in [6, 6.07) is 12.8. The fourth-order valence-electron chi connectivity index (χ4n) is 4.09. The molecule has 2 N–H and O–H groups in total. The van der Waals surface area contributed by atoms with Gasteiger partial charge in [0.05, 0.1) is 27.2 Å². The first-order valence-electron chi connectivity index (χ1n) is 10.6. The minimum Gasteiger partial charge on any atom is -0.506 e. The predicted octanol–water partition coefficient (Wildman–Crippen LogP) is 7.43. The van der Waals surface area contributed by atoms with Gasteiger partial charge in [-0.25, -0.2) is 12.7 Å². The molecule has 33 heavy (non-hydrogen) atoms. The molecule has 4 rings (SSSR count). The Balaban J connectivity index is 2.24. The summed E-state index contributed by atoms with van der Waals surface area (Å²) >= 11 is 12.7. The van der Waals surface area contributed by atoms with Gasteiger partial charge in [-0.2, -0.15) is 0 Å². The van der Waals surface area contributed by atoms with Crippen molar-refractivity contribution < 1.29 is 13.5 Å². The zero-order chi connectivity index (χ0) is 24.3. The van der Waals surface area contributed by atoms with Crippen LogP contribution in [-0.2, 0) is 15.4 Å². The van der Waals surface area contributed by atoms with E-state index in [0.717, 1.165) is 32.9 Å². The maximum absolute atomic E-state index is 13.6. The van der Waals surface area contributed by atoms with E-state index in [2.05, 4.69) is 11.1 Å². The lowest BCUT2D eigenvalue weighted by Crippen LogP contribution is -2.30. The van der Waals surface area contributed by atoms with Gasteiger partial charge >= 0.3 is 0 Å². The standard InChI is InChI=1S/C25H26Cl2N2O3S/c1-6-33(31,32)29(20-12-18(27)21(30)13-17(20)26)23-22-16-9-7-14(2)11-15(16)8-10-19(22)28-24(23)25(3,4)5/h7-13,28,30H,6H2,1-5H3. The van der Waals surface area contributed by atoms with Gasteiger partial charge in [-0.05, 0) is 36.8 Å². The van der Waals surface area contributed by atoms with E-state index in [-0.39, 0.29) is 27.2 Å². The summed E-state index contributed by atoms with van der Waals surface area (Å²) in [4.78, 5) is 3.47. The zero-order valence-corrected chi connectivity index (χ0v) is 21.5. The average molecular weight is 505 g/mol. The second-order valence-electron chi connectivity index (χ2n) is 9.23.